The van der Waals surface area contributed by atoms with Crippen molar-refractivity contribution in [1.82, 2.24) is 20.0 Å². The SMILES string of the molecule is Cn1cc(CNC(=O)[C@H]2CCC(=O)N(Cc3ccccc3F)C2)cn1. The van der Waals surface area contributed by atoms with Crippen LogP contribution in [0.2, 0.25) is 0 Å². The average molecular weight is 344 g/mol. The summed E-state index contributed by atoms with van der Waals surface area (Å²) in [7, 11) is 1.82. The summed E-state index contributed by atoms with van der Waals surface area (Å²) < 4.78 is 15.5. The van der Waals surface area contributed by atoms with E-state index in [1.54, 1.807) is 34.0 Å². The zero-order valence-electron chi connectivity index (χ0n) is 14.1. The van der Waals surface area contributed by atoms with E-state index in [1.165, 1.54) is 6.07 Å². The lowest BCUT2D eigenvalue weighted by molar-refractivity contribution is -0.139. The van der Waals surface area contributed by atoms with Crippen LogP contribution in [0.1, 0.15) is 24.0 Å². The first-order valence-corrected chi connectivity index (χ1v) is 8.29. The number of nitrogens with zero attached hydrogens (tertiary/aromatic N) is 3. The van der Waals surface area contributed by atoms with Crippen LogP contribution in [-0.4, -0.2) is 33.0 Å². The van der Waals surface area contributed by atoms with Gasteiger partial charge in [0, 0.05) is 50.4 Å². The summed E-state index contributed by atoms with van der Waals surface area (Å²) in [6, 6.07) is 6.40. The van der Waals surface area contributed by atoms with Crippen molar-refractivity contribution in [2.75, 3.05) is 6.54 Å². The molecule has 7 heteroatoms. The van der Waals surface area contributed by atoms with Gasteiger partial charge in [-0.25, -0.2) is 4.39 Å². The molecule has 0 aliphatic carbocycles. The van der Waals surface area contributed by atoms with Gasteiger partial charge in [-0.15, -0.1) is 0 Å². The van der Waals surface area contributed by atoms with Gasteiger partial charge in [0.05, 0.1) is 12.1 Å². The second-order valence-corrected chi connectivity index (χ2v) is 6.34. The molecule has 2 aromatic rings. The van der Waals surface area contributed by atoms with Gasteiger partial charge >= 0.3 is 0 Å². The average Bonchev–Trinajstić information content (AvgIpc) is 3.02. The van der Waals surface area contributed by atoms with Gasteiger partial charge in [-0.1, -0.05) is 18.2 Å². The molecule has 1 aliphatic rings. The van der Waals surface area contributed by atoms with E-state index in [0.717, 1.165) is 5.56 Å². The highest BCUT2D eigenvalue weighted by atomic mass is 19.1. The second-order valence-electron chi connectivity index (χ2n) is 6.34. The normalized spacial score (nSPS) is 17.6. The van der Waals surface area contributed by atoms with E-state index in [9.17, 15) is 14.0 Å². The van der Waals surface area contributed by atoms with Crippen molar-refractivity contribution in [3.05, 3.63) is 53.6 Å². The van der Waals surface area contributed by atoms with Crippen LogP contribution in [0.25, 0.3) is 0 Å². The van der Waals surface area contributed by atoms with Gasteiger partial charge in [0.25, 0.3) is 0 Å². The Hall–Kier alpha value is -2.70. The molecule has 6 nitrogen and oxygen atoms in total. The van der Waals surface area contributed by atoms with Crippen LogP contribution in [0.3, 0.4) is 0 Å². The minimum atomic E-state index is -0.335. The zero-order valence-corrected chi connectivity index (χ0v) is 14.1. The van der Waals surface area contributed by atoms with Crippen molar-refractivity contribution in [3.8, 4) is 0 Å². The fourth-order valence-corrected chi connectivity index (χ4v) is 3.01. The quantitative estimate of drug-likeness (QED) is 0.896. The molecule has 0 spiro atoms. The number of hydrogen-bond donors (Lipinski definition) is 1. The summed E-state index contributed by atoms with van der Waals surface area (Å²) in [5, 5.41) is 6.95. The Morgan fingerprint density at radius 3 is 2.92 bits per heavy atom. The predicted octanol–water partition coefficient (Wildman–Crippen LogP) is 1.61. The molecule has 1 fully saturated rings. The van der Waals surface area contributed by atoms with Gasteiger partial charge in [-0.05, 0) is 12.5 Å². The van der Waals surface area contributed by atoms with Crippen LogP contribution in [0.4, 0.5) is 4.39 Å². The monoisotopic (exact) mass is 344 g/mol. The van der Waals surface area contributed by atoms with Crippen LogP contribution in [0.5, 0.6) is 0 Å². The van der Waals surface area contributed by atoms with Gasteiger partial charge in [0.15, 0.2) is 0 Å². The van der Waals surface area contributed by atoms with Gasteiger partial charge < -0.3 is 10.2 Å². The predicted molar refractivity (Wildman–Crippen MR) is 89.6 cm³/mol. The highest BCUT2D eigenvalue weighted by Crippen LogP contribution is 2.21. The van der Waals surface area contributed by atoms with Crippen LogP contribution < -0.4 is 5.32 Å². The summed E-state index contributed by atoms with van der Waals surface area (Å²) >= 11 is 0. The van der Waals surface area contributed by atoms with Crippen molar-refractivity contribution < 1.29 is 14.0 Å². The smallest absolute Gasteiger partial charge is 0.225 e. The summed E-state index contributed by atoms with van der Waals surface area (Å²) in [5.74, 6) is -0.742. The number of hydrogen-bond acceptors (Lipinski definition) is 3. The largest absolute Gasteiger partial charge is 0.352 e. The second kappa shape index (κ2) is 7.46. The molecule has 2 amide bonds. The van der Waals surface area contributed by atoms with Gasteiger partial charge in [-0.3, -0.25) is 14.3 Å². The molecule has 1 atom stereocenters. The number of likely N-dealkylation sites (tertiary alicyclic amines) is 1. The number of nitrogens with one attached hydrogen (secondary N) is 1. The number of carbonyl (C=O) groups is 2. The number of piperidine rings is 1. The third kappa shape index (κ3) is 4.23. The Kier molecular flexibility index (Phi) is 5.11. The first-order valence-electron chi connectivity index (χ1n) is 8.29. The van der Waals surface area contributed by atoms with E-state index in [1.807, 2.05) is 13.2 Å². The lowest BCUT2D eigenvalue weighted by Crippen LogP contribution is -2.45. The fraction of sp³-hybridized carbons (Fsp3) is 0.389. The Morgan fingerprint density at radius 1 is 1.40 bits per heavy atom. The van der Waals surface area contributed by atoms with Crippen molar-refractivity contribution in [3.63, 3.8) is 0 Å². The van der Waals surface area contributed by atoms with E-state index >= 15 is 0 Å². The molecular weight excluding hydrogens is 323 g/mol. The summed E-state index contributed by atoms with van der Waals surface area (Å²) in [6.45, 7) is 0.911. The Balaban J connectivity index is 1.58. The lowest BCUT2D eigenvalue weighted by Gasteiger charge is -2.32. The minimum Gasteiger partial charge on any atom is -0.352 e. The van der Waals surface area contributed by atoms with Crippen LogP contribution in [-0.2, 0) is 29.7 Å². The molecule has 25 heavy (non-hydrogen) atoms. The van der Waals surface area contributed by atoms with E-state index in [4.69, 9.17) is 0 Å². The molecule has 132 valence electrons. The molecule has 0 unspecified atom stereocenters. The third-order valence-electron chi connectivity index (χ3n) is 4.42. The zero-order chi connectivity index (χ0) is 17.8. The first kappa shape index (κ1) is 17.1. The van der Waals surface area contributed by atoms with Crippen molar-refractivity contribution in [2.24, 2.45) is 13.0 Å². The minimum absolute atomic E-state index is 0.0421. The van der Waals surface area contributed by atoms with Crippen molar-refractivity contribution >= 4 is 11.8 Å². The van der Waals surface area contributed by atoms with Crippen LogP contribution in [0, 0.1) is 11.7 Å². The molecule has 3 rings (SSSR count). The molecule has 0 bridgehead atoms. The highest BCUT2D eigenvalue weighted by molar-refractivity contribution is 5.83. The molecule has 1 aromatic heterocycles. The summed E-state index contributed by atoms with van der Waals surface area (Å²) in [6.07, 6.45) is 4.37. The maximum absolute atomic E-state index is 13.8. The van der Waals surface area contributed by atoms with Crippen molar-refractivity contribution in [1.29, 1.82) is 0 Å². The molecule has 1 aliphatic heterocycles. The number of aryl methyl sites for hydroxylation is 1. The van der Waals surface area contributed by atoms with Gasteiger partial charge in [-0.2, -0.15) is 5.10 Å². The van der Waals surface area contributed by atoms with Crippen molar-refractivity contribution in [2.45, 2.75) is 25.9 Å². The van der Waals surface area contributed by atoms with E-state index < -0.39 is 0 Å². The topological polar surface area (TPSA) is 67.2 Å². The van der Waals surface area contributed by atoms with Gasteiger partial charge in [0.2, 0.25) is 11.8 Å². The third-order valence-corrected chi connectivity index (χ3v) is 4.42. The molecule has 1 saturated heterocycles. The standard InChI is InChI=1S/C18H21FN4O2/c1-22-10-13(9-21-22)8-20-18(25)15-6-7-17(24)23(12-15)11-14-4-2-3-5-16(14)19/h2-5,9-10,15H,6-8,11-12H2,1H3,(H,20,25)/t15-/m0/s1. The number of rotatable bonds is 5. The Labute approximate surface area is 145 Å². The van der Waals surface area contributed by atoms with E-state index in [-0.39, 0.29) is 30.1 Å². The molecule has 0 saturated carbocycles. The summed E-state index contributed by atoms with van der Waals surface area (Å²) in [4.78, 5) is 26.1. The molecular formula is C18H21FN4O2. The fourth-order valence-electron chi connectivity index (χ4n) is 3.01. The number of amides is 2. The number of benzene rings is 1. The number of carbonyl (C=O) groups excluding carboxylic acids is 2. The lowest BCUT2D eigenvalue weighted by atomic mass is 9.96. The number of halogens is 1. The maximum atomic E-state index is 13.8. The van der Waals surface area contributed by atoms with E-state index in [0.29, 0.717) is 31.5 Å². The molecule has 0 radical (unpaired) electrons. The maximum Gasteiger partial charge on any atom is 0.225 e. The molecule has 1 aromatic carbocycles. The van der Waals surface area contributed by atoms with E-state index in [2.05, 4.69) is 10.4 Å². The Morgan fingerprint density at radius 2 is 2.20 bits per heavy atom. The van der Waals surface area contributed by atoms with Gasteiger partial charge in [0.1, 0.15) is 5.82 Å². The first-order chi connectivity index (χ1) is 12.0. The van der Waals surface area contributed by atoms with Crippen LogP contribution in [0.15, 0.2) is 36.7 Å². The number of aromatic nitrogens is 2. The van der Waals surface area contributed by atoms with Crippen LogP contribution >= 0.6 is 0 Å². The highest BCUT2D eigenvalue weighted by Gasteiger charge is 2.30. The summed E-state index contributed by atoms with van der Waals surface area (Å²) in [5.41, 5.74) is 1.39. The molecule has 1 N–H and O–H groups in total. The molecule has 2 heterocycles. The Bertz CT molecular complexity index is 774.